The molecule has 0 amide bonds. The topological polar surface area (TPSA) is 12.0 Å². The third-order valence-corrected chi connectivity index (χ3v) is 1.88. The first-order valence-electron chi connectivity index (χ1n) is 3.85. The Morgan fingerprint density at radius 2 is 1.73 bits per heavy atom. The fourth-order valence-corrected chi connectivity index (χ4v) is 0.572. The van der Waals surface area contributed by atoms with Gasteiger partial charge in [0.25, 0.3) is 6.43 Å². The van der Waals surface area contributed by atoms with Gasteiger partial charge in [0.2, 0.25) is 0 Å². The maximum atomic E-state index is 11.7. The minimum Gasteiger partial charge on any atom is -0.308 e. The average Bonchev–Trinajstić information content (AvgIpc) is 1.80. The second-order valence-corrected chi connectivity index (χ2v) is 3.89. The molecule has 11 heavy (non-hydrogen) atoms. The number of hydrogen-bond donors (Lipinski definition) is 1. The summed E-state index contributed by atoms with van der Waals surface area (Å²) in [6.45, 7) is 7.78. The predicted molar refractivity (Wildman–Crippen MR) is 42.9 cm³/mol. The van der Waals surface area contributed by atoms with Gasteiger partial charge in [-0.3, -0.25) is 0 Å². The van der Waals surface area contributed by atoms with Crippen molar-refractivity contribution in [1.82, 2.24) is 5.32 Å². The molecule has 68 valence electrons. The van der Waals surface area contributed by atoms with Gasteiger partial charge in [0, 0.05) is 6.04 Å². The van der Waals surface area contributed by atoms with E-state index >= 15 is 0 Å². The van der Waals surface area contributed by atoms with Gasteiger partial charge in [-0.2, -0.15) is 0 Å². The van der Waals surface area contributed by atoms with E-state index in [0.29, 0.717) is 0 Å². The van der Waals surface area contributed by atoms with Crippen LogP contribution in [0.2, 0.25) is 0 Å². The van der Waals surface area contributed by atoms with Crippen LogP contribution in [-0.2, 0) is 0 Å². The summed E-state index contributed by atoms with van der Waals surface area (Å²) in [4.78, 5) is 0. The Balaban J connectivity index is 3.61. The van der Waals surface area contributed by atoms with Crippen molar-refractivity contribution in [3.8, 4) is 0 Å². The molecule has 0 spiro atoms. The fourth-order valence-electron chi connectivity index (χ4n) is 0.572. The molecular weight excluding hydrogens is 148 g/mol. The summed E-state index contributed by atoms with van der Waals surface area (Å²) in [5, 5.41) is 2.77. The first kappa shape index (κ1) is 10.8. The van der Waals surface area contributed by atoms with E-state index in [4.69, 9.17) is 0 Å². The summed E-state index contributed by atoms with van der Waals surface area (Å²) in [5.74, 6) is 0. The normalized spacial score (nSPS) is 15.5. The second-order valence-electron chi connectivity index (χ2n) is 3.89. The van der Waals surface area contributed by atoms with Gasteiger partial charge in [0.05, 0.1) is 6.54 Å². The maximum Gasteiger partial charge on any atom is 0.250 e. The van der Waals surface area contributed by atoms with Crippen molar-refractivity contribution in [3.63, 3.8) is 0 Å². The summed E-state index contributed by atoms with van der Waals surface area (Å²) in [5.41, 5.74) is 0.0505. The van der Waals surface area contributed by atoms with Gasteiger partial charge in [0.15, 0.2) is 0 Å². The van der Waals surface area contributed by atoms with Crippen LogP contribution < -0.4 is 5.32 Å². The highest BCUT2D eigenvalue weighted by atomic mass is 19.3. The van der Waals surface area contributed by atoms with Crippen LogP contribution in [0.15, 0.2) is 0 Å². The van der Waals surface area contributed by atoms with E-state index in [1.807, 2.05) is 27.7 Å². The van der Waals surface area contributed by atoms with Gasteiger partial charge in [-0.05, 0) is 12.3 Å². The summed E-state index contributed by atoms with van der Waals surface area (Å²) in [6, 6.07) is 0.122. The molecular formula is C8H17F2N. The lowest BCUT2D eigenvalue weighted by Crippen LogP contribution is -2.39. The zero-order chi connectivity index (χ0) is 9.07. The molecule has 1 unspecified atom stereocenters. The van der Waals surface area contributed by atoms with Crippen molar-refractivity contribution >= 4 is 0 Å². The maximum absolute atomic E-state index is 11.7. The second kappa shape index (κ2) is 4.00. The van der Waals surface area contributed by atoms with Crippen molar-refractivity contribution in [1.29, 1.82) is 0 Å². The molecule has 0 bridgehead atoms. The number of halogens is 2. The molecule has 0 aliphatic heterocycles. The van der Waals surface area contributed by atoms with Gasteiger partial charge in [0.1, 0.15) is 0 Å². The van der Waals surface area contributed by atoms with E-state index in [1.54, 1.807) is 0 Å². The third-order valence-electron chi connectivity index (χ3n) is 1.88. The van der Waals surface area contributed by atoms with Gasteiger partial charge in [-0.15, -0.1) is 0 Å². The minimum absolute atomic E-state index is 0.0505. The van der Waals surface area contributed by atoms with Crippen LogP contribution in [0, 0.1) is 5.41 Å². The molecule has 1 atom stereocenters. The molecule has 0 rings (SSSR count). The molecule has 0 saturated heterocycles. The minimum atomic E-state index is -2.25. The molecule has 3 heteroatoms. The first-order valence-corrected chi connectivity index (χ1v) is 3.85. The van der Waals surface area contributed by atoms with Crippen molar-refractivity contribution in [3.05, 3.63) is 0 Å². The Labute approximate surface area is 67.2 Å². The Kier molecular flexibility index (Phi) is 3.93. The molecule has 0 heterocycles. The molecule has 0 radical (unpaired) electrons. The van der Waals surface area contributed by atoms with E-state index in [2.05, 4.69) is 5.32 Å². The van der Waals surface area contributed by atoms with Crippen LogP contribution in [0.5, 0.6) is 0 Å². The molecule has 1 nitrogen and oxygen atoms in total. The molecule has 1 N–H and O–H groups in total. The summed E-state index contributed by atoms with van der Waals surface area (Å²) in [6.07, 6.45) is -2.25. The molecule has 0 aliphatic rings. The van der Waals surface area contributed by atoms with Crippen LogP contribution in [0.1, 0.15) is 27.7 Å². The SMILES string of the molecule is CC(NCC(F)F)C(C)(C)C. The van der Waals surface area contributed by atoms with E-state index in [1.165, 1.54) is 0 Å². The third kappa shape index (κ3) is 5.13. The number of alkyl halides is 2. The summed E-state index contributed by atoms with van der Waals surface area (Å²) < 4.78 is 23.4. The van der Waals surface area contributed by atoms with Gasteiger partial charge in [-0.25, -0.2) is 8.78 Å². The molecule has 0 fully saturated rings. The molecule has 0 saturated carbocycles. The van der Waals surface area contributed by atoms with Crippen molar-refractivity contribution in [2.75, 3.05) is 6.54 Å². The number of rotatable bonds is 3. The van der Waals surface area contributed by atoms with Gasteiger partial charge >= 0.3 is 0 Å². The Bertz CT molecular complexity index is 107. The molecule has 0 aromatic carbocycles. The monoisotopic (exact) mass is 165 g/mol. The highest BCUT2D eigenvalue weighted by Crippen LogP contribution is 2.18. The highest BCUT2D eigenvalue weighted by Gasteiger charge is 2.19. The fraction of sp³-hybridized carbons (Fsp3) is 1.00. The highest BCUT2D eigenvalue weighted by molar-refractivity contribution is 4.75. The summed E-state index contributed by atoms with van der Waals surface area (Å²) in [7, 11) is 0. The Morgan fingerprint density at radius 3 is 2.00 bits per heavy atom. The first-order chi connectivity index (χ1) is 4.84. The van der Waals surface area contributed by atoms with Crippen molar-refractivity contribution in [2.45, 2.75) is 40.2 Å². The van der Waals surface area contributed by atoms with E-state index in [0.717, 1.165) is 0 Å². The lowest BCUT2D eigenvalue weighted by atomic mass is 9.88. The molecule has 0 aromatic heterocycles. The van der Waals surface area contributed by atoms with Crippen LogP contribution in [-0.4, -0.2) is 19.0 Å². The van der Waals surface area contributed by atoms with Gasteiger partial charge in [-0.1, -0.05) is 20.8 Å². The number of hydrogen-bond acceptors (Lipinski definition) is 1. The van der Waals surface area contributed by atoms with E-state index in [9.17, 15) is 8.78 Å². The zero-order valence-corrected chi connectivity index (χ0v) is 7.62. The smallest absolute Gasteiger partial charge is 0.250 e. The van der Waals surface area contributed by atoms with Crippen molar-refractivity contribution in [2.24, 2.45) is 5.41 Å². The largest absolute Gasteiger partial charge is 0.308 e. The standard InChI is InChI=1S/C8H17F2N/c1-6(8(2,3)4)11-5-7(9)10/h6-7,11H,5H2,1-4H3. The zero-order valence-electron chi connectivity index (χ0n) is 7.62. The predicted octanol–water partition coefficient (Wildman–Crippen LogP) is 2.28. The van der Waals surface area contributed by atoms with Crippen LogP contribution in [0.25, 0.3) is 0 Å². The van der Waals surface area contributed by atoms with Crippen LogP contribution in [0.4, 0.5) is 8.78 Å². The summed E-state index contributed by atoms with van der Waals surface area (Å²) >= 11 is 0. The molecule has 0 aliphatic carbocycles. The van der Waals surface area contributed by atoms with Crippen LogP contribution >= 0.6 is 0 Å². The van der Waals surface area contributed by atoms with Gasteiger partial charge < -0.3 is 5.32 Å². The van der Waals surface area contributed by atoms with Crippen LogP contribution in [0.3, 0.4) is 0 Å². The van der Waals surface area contributed by atoms with Crippen molar-refractivity contribution < 1.29 is 8.78 Å². The van der Waals surface area contributed by atoms with E-state index in [-0.39, 0.29) is 18.0 Å². The lowest BCUT2D eigenvalue weighted by molar-refractivity contribution is 0.132. The Morgan fingerprint density at radius 1 is 1.27 bits per heavy atom. The van der Waals surface area contributed by atoms with E-state index < -0.39 is 6.43 Å². The molecule has 0 aromatic rings. The lowest BCUT2D eigenvalue weighted by Gasteiger charge is -2.28. The average molecular weight is 165 g/mol. The number of nitrogens with one attached hydrogen (secondary N) is 1. The Hall–Kier alpha value is -0.180. The quantitative estimate of drug-likeness (QED) is 0.676.